The van der Waals surface area contributed by atoms with Crippen LogP contribution in [-0.4, -0.2) is 48.4 Å². The minimum absolute atomic E-state index is 0.0492. The van der Waals surface area contributed by atoms with Gasteiger partial charge >= 0.3 is 52.0 Å². The first kappa shape index (κ1) is 24.7. The average molecular weight is 523 g/mol. The maximum absolute atomic E-state index is 13.4. The highest BCUT2D eigenvalue weighted by Crippen LogP contribution is 2.11. The van der Waals surface area contributed by atoms with E-state index < -0.39 is 20.0 Å². The minimum atomic E-state index is -4.03. The summed E-state index contributed by atoms with van der Waals surface area (Å²) in [5.74, 6) is 0. The van der Waals surface area contributed by atoms with Crippen molar-refractivity contribution >= 4 is 20.0 Å². The summed E-state index contributed by atoms with van der Waals surface area (Å²) in [6.07, 6.45) is 5.57. The lowest BCUT2D eigenvalue weighted by Crippen LogP contribution is -2.61. The second kappa shape index (κ2) is 10.0. The number of aliphatic hydroxyl groups excluding tert-OH is 2. The van der Waals surface area contributed by atoms with Crippen molar-refractivity contribution in [3.8, 4) is 0 Å². The van der Waals surface area contributed by atoms with Crippen LogP contribution >= 0.6 is 0 Å². The van der Waals surface area contributed by atoms with Crippen LogP contribution < -0.4 is 18.5 Å². The molecule has 2 N–H and O–H groups in total. The van der Waals surface area contributed by atoms with E-state index in [0.29, 0.717) is 0 Å². The van der Waals surface area contributed by atoms with Crippen LogP contribution in [0.3, 0.4) is 0 Å². The fraction of sp³-hybridized carbons (Fsp3) is 0.238. The molecule has 4 rings (SSSR count). The van der Waals surface area contributed by atoms with Gasteiger partial charge in [-0.15, -0.1) is 4.57 Å². The first-order chi connectivity index (χ1) is 16.8. The van der Waals surface area contributed by atoms with Gasteiger partial charge in [-0.2, -0.15) is 21.4 Å². The fourth-order valence-electron chi connectivity index (χ4n) is 3.50. The zero-order chi connectivity index (χ0) is 25.1. The Morgan fingerprint density at radius 1 is 0.629 bits per heavy atom. The molecule has 0 aliphatic heterocycles. The lowest BCUT2D eigenvalue weighted by Gasteiger charge is -2.00. The van der Waals surface area contributed by atoms with Crippen molar-refractivity contribution in [3.05, 3.63) is 86.0 Å². The third-order valence-corrected chi connectivity index (χ3v) is 8.47. The molecule has 0 saturated carbocycles. The maximum atomic E-state index is 13.4. The average Bonchev–Trinajstić information content (AvgIpc) is 3.45. The Hall–Kier alpha value is -3.46. The van der Waals surface area contributed by atoms with Crippen molar-refractivity contribution in [1.82, 2.24) is 8.17 Å². The molecule has 0 fully saturated rings. The second-order valence-electron chi connectivity index (χ2n) is 7.59. The molecule has 2 heterocycles. The SMILES string of the molecule is O=S(=O)(c1ccccc1)n1c[n+](CCO)c[n+]1C[n+]1c[n+](CCO)cn1S(=O)(=O)c1ccccc1. The number of aliphatic hydroxyl groups is 2. The smallest absolute Gasteiger partial charge is 0.391 e. The molecule has 0 aliphatic rings. The lowest BCUT2D eigenvalue weighted by molar-refractivity contribution is -0.991. The van der Waals surface area contributed by atoms with Gasteiger partial charge in [-0.25, -0.2) is 0 Å². The van der Waals surface area contributed by atoms with Gasteiger partial charge in [0.25, 0.3) is 0 Å². The zero-order valence-corrected chi connectivity index (χ0v) is 20.3. The Morgan fingerprint density at radius 2 is 1.00 bits per heavy atom. The third kappa shape index (κ3) is 5.00. The van der Waals surface area contributed by atoms with Crippen molar-refractivity contribution in [2.75, 3.05) is 13.2 Å². The van der Waals surface area contributed by atoms with E-state index in [1.165, 1.54) is 68.1 Å². The molecule has 0 unspecified atom stereocenters. The highest BCUT2D eigenvalue weighted by molar-refractivity contribution is 7.90. The summed E-state index contributed by atoms with van der Waals surface area (Å²) in [7, 11) is -8.07. The molecule has 2 aromatic carbocycles. The molecule has 2 aromatic heterocycles. The van der Waals surface area contributed by atoms with Gasteiger partial charge in [0.1, 0.15) is 18.0 Å². The van der Waals surface area contributed by atoms with Gasteiger partial charge in [0, 0.05) is 8.77 Å². The third-order valence-electron chi connectivity index (χ3n) is 5.14. The molecular formula is C21H26N6O6S2+4. The summed E-state index contributed by atoms with van der Waals surface area (Å²) in [5.41, 5.74) is 0. The van der Waals surface area contributed by atoms with Crippen LogP contribution in [-0.2, 0) is 39.8 Å². The molecular weight excluding hydrogens is 496 g/mol. The Balaban J connectivity index is 1.84. The van der Waals surface area contributed by atoms with Gasteiger partial charge in [0.15, 0.2) is 6.54 Å². The van der Waals surface area contributed by atoms with E-state index in [2.05, 4.69) is 0 Å². The summed E-state index contributed by atoms with van der Waals surface area (Å²) in [5, 5.41) is 18.7. The van der Waals surface area contributed by atoms with Gasteiger partial charge in [0.2, 0.25) is 0 Å². The predicted octanol–water partition coefficient (Wildman–Crippen LogP) is -2.60. The zero-order valence-electron chi connectivity index (χ0n) is 18.6. The minimum Gasteiger partial charge on any atom is -0.391 e. The molecule has 184 valence electrons. The maximum Gasteiger partial charge on any atom is 0.437 e. The molecule has 0 aliphatic carbocycles. The van der Waals surface area contributed by atoms with Crippen LogP contribution in [0.5, 0.6) is 0 Å². The van der Waals surface area contributed by atoms with Crippen molar-refractivity contribution in [3.63, 3.8) is 0 Å². The van der Waals surface area contributed by atoms with Crippen molar-refractivity contribution < 1.29 is 45.5 Å². The number of hydrogen-bond acceptors (Lipinski definition) is 6. The van der Waals surface area contributed by atoms with Crippen LogP contribution in [0.2, 0.25) is 0 Å². The molecule has 12 nitrogen and oxygen atoms in total. The molecule has 35 heavy (non-hydrogen) atoms. The van der Waals surface area contributed by atoms with Crippen LogP contribution in [0.15, 0.2) is 95.8 Å². The van der Waals surface area contributed by atoms with E-state index in [0.717, 1.165) is 8.17 Å². The van der Waals surface area contributed by atoms with Crippen molar-refractivity contribution in [1.29, 1.82) is 0 Å². The van der Waals surface area contributed by atoms with E-state index in [4.69, 9.17) is 0 Å². The van der Waals surface area contributed by atoms with Crippen LogP contribution in [0.1, 0.15) is 0 Å². The summed E-state index contributed by atoms with van der Waals surface area (Å²) >= 11 is 0. The standard InChI is InChI=1S/C21H26N6O6S2/c28-13-11-22-15-24(26(17-22)34(30,31)20-7-3-1-4-8-20)19-25-16-23(12-14-29)18-27(25)35(32,33)21-9-5-2-6-10-21/h1-10,15-18,28-29H,11-14,19H2/q+4. The van der Waals surface area contributed by atoms with Crippen molar-refractivity contribution in [2.24, 2.45) is 0 Å². The van der Waals surface area contributed by atoms with E-state index in [9.17, 15) is 27.0 Å². The van der Waals surface area contributed by atoms with E-state index in [1.54, 1.807) is 36.4 Å². The topological polar surface area (TPSA) is 134 Å². The molecule has 4 aromatic rings. The number of rotatable bonds is 10. The first-order valence-electron chi connectivity index (χ1n) is 10.6. The summed E-state index contributed by atoms with van der Waals surface area (Å²) in [6, 6.07) is 15.7. The first-order valence-corrected chi connectivity index (χ1v) is 13.5. The number of benzene rings is 2. The molecule has 0 amide bonds. The van der Waals surface area contributed by atoms with Crippen LogP contribution in [0.4, 0.5) is 0 Å². The van der Waals surface area contributed by atoms with Crippen LogP contribution in [0, 0.1) is 0 Å². The summed E-state index contributed by atoms with van der Waals surface area (Å²) < 4.78 is 61.1. The largest absolute Gasteiger partial charge is 0.437 e. The Bertz CT molecular complexity index is 1400. The van der Waals surface area contributed by atoms with Crippen LogP contribution in [0.25, 0.3) is 0 Å². The number of nitrogens with zero attached hydrogens (tertiary/aromatic N) is 6. The number of hydrogen-bond donors (Lipinski definition) is 2. The second-order valence-corrected chi connectivity index (χ2v) is 11.2. The summed E-state index contributed by atoms with van der Waals surface area (Å²) in [4.78, 5) is 0.0984. The molecule has 0 radical (unpaired) electrons. The van der Waals surface area contributed by atoms with Gasteiger partial charge in [-0.3, -0.25) is 0 Å². The van der Waals surface area contributed by atoms with Gasteiger partial charge in [0.05, 0.1) is 20.3 Å². The normalized spacial score (nSPS) is 12.2. The monoisotopic (exact) mass is 522 g/mol. The highest BCUT2D eigenvalue weighted by Gasteiger charge is 2.40. The van der Waals surface area contributed by atoms with Crippen molar-refractivity contribution in [2.45, 2.75) is 29.5 Å². The van der Waals surface area contributed by atoms with E-state index in [1.807, 2.05) is 0 Å². The molecule has 0 saturated heterocycles. The molecule has 0 atom stereocenters. The fourth-order valence-corrected chi connectivity index (χ4v) is 6.16. The van der Waals surface area contributed by atoms with E-state index in [-0.39, 0.29) is 42.8 Å². The predicted molar refractivity (Wildman–Crippen MR) is 117 cm³/mol. The van der Waals surface area contributed by atoms with Gasteiger partial charge in [-0.1, -0.05) is 36.4 Å². The van der Waals surface area contributed by atoms with Gasteiger partial charge < -0.3 is 10.2 Å². The quantitative estimate of drug-likeness (QED) is 0.220. The number of aromatic nitrogens is 6. The summed E-state index contributed by atoms with van der Waals surface area (Å²) in [6.45, 7) is -0.383. The molecule has 0 spiro atoms. The molecule has 14 heteroatoms. The van der Waals surface area contributed by atoms with E-state index >= 15 is 0 Å². The Labute approximate surface area is 202 Å². The lowest BCUT2D eigenvalue weighted by atomic mass is 10.4. The highest BCUT2D eigenvalue weighted by atomic mass is 32.2. The Morgan fingerprint density at radius 3 is 1.34 bits per heavy atom. The van der Waals surface area contributed by atoms with Gasteiger partial charge in [-0.05, 0) is 24.3 Å². The Kier molecular flexibility index (Phi) is 7.07. The molecule has 0 bridgehead atoms.